The minimum Gasteiger partial charge on any atom is -0.300 e. The normalized spacial score (nSPS) is 10.1. The number of thiol groups is 1. The summed E-state index contributed by atoms with van der Waals surface area (Å²) in [5.41, 5.74) is 1.99. The van der Waals surface area contributed by atoms with Gasteiger partial charge in [-0.05, 0) is 24.1 Å². The summed E-state index contributed by atoms with van der Waals surface area (Å²) in [5, 5.41) is 0. The van der Waals surface area contributed by atoms with E-state index in [4.69, 9.17) is 11.6 Å². The van der Waals surface area contributed by atoms with Gasteiger partial charge in [0.25, 0.3) is 0 Å². The molecule has 0 spiro atoms. The molecule has 1 rings (SSSR count). The molecule has 0 N–H and O–H groups in total. The van der Waals surface area contributed by atoms with Crippen LogP contribution in [0.25, 0.3) is 0 Å². The van der Waals surface area contributed by atoms with Gasteiger partial charge in [0, 0.05) is 17.2 Å². The molecule has 0 aliphatic heterocycles. The molecule has 0 atom stereocenters. The Hall–Kier alpha value is -0.470. The van der Waals surface area contributed by atoms with E-state index in [0.29, 0.717) is 12.3 Å². The van der Waals surface area contributed by atoms with Crippen LogP contribution in [0.3, 0.4) is 0 Å². The largest absolute Gasteiger partial charge is 0.300 e. The molecule has 0 unspecified atom stereocenters. The van der Waals surface area contributed by atoms with Gasteiger partial charge in [0.15, 0.2) is 0 Å². The van der Waals surface area contributed by atoms with Gasteiger partial charge >= 0.3 is 0 Å². The van der Waals surface area contributed by atoms with Gasteiger partial charge < -0.3 is 0 Å². The van der Waals surface area contributed by atoms with Gasteiger partial charge in [-0.3, -0.25) is 4.79 Å². The number of halogens is 1. The molecule has 0 heterocycles. The first-order valence-corrected chi connectivity index (χ1v) is 4.98. The molecule has 0 aromatic heterocycles. The Morgan fingerprint density at radius 1 is 1.54 bits per heavy atom. The fourth-order valence-corrected chi connectivity index (χ4v) is 1.60. The minimum atomic E-state index is 0.147. The SMILES string of the molecule is CC(=O)Cc1ccc(CCl)cc1S. The zero-order valence-corrected chi connectivity index (χ0v) is 9.03. The maximum Gasteiger partial charge on any atom is 0.134 e. The van der Waals surface area contributed by atoms with Crippen LogP contribution < -0.4 is 0 Å². The van der Waals surface area contributed by atoms with E-state index >= 15 is 0 Å². The lowest BCUT2D eigenvalue weighted by Gasteiger charge is -2.04. The first-order valence-electron chi connectivity index (χ1n) is 3.99. The molecule has 70 valence electrons. The van der Waals surface area contributed by atoms with Crippen LogP contribution in [0, 0.1) is 0 Å². The van der Waals surface area contributed by atoms with E-state index in [0.717, 1.165) is 16.0 Å². The van der Waals surface area contributed by atoms with Gasteiger partial charge in [-0.1, -0.05) is 12.1 Å². The molecule has 0 radical (unpaired) electrons. The van der Waals surface area contributed by atoms with Gasteiger partial charge in [0.2, 0.25) is 0 Å². The third kappa shape index (κ3) is 3.05. The Kier molecular flexibility index (Phi) is 3.82. The second-order valence-corrected chi connectivity index (χ2v) is 3.72. The summed E-state index contributed by atoms with van der Waals surface area (Å²) in [6, 6.07) is 5.72. The maximum absolute atomic E-state index is 10.9. The van der Waals surface area contributed by atoms with Gasteiger partial charge in [-0.15, -0.1) is 24.2 Å². The monoisotopic (exact) mass is 214 g/mol. The molecule has 13 heavy (non-hydrogen) atoms. The number of hydrogen-bond donors (Lipinski definition) is 1. The van der Waals surface area contributed by atoms with E-state index in [9.17, 15) is 4.79 Å². The fourth-order valence-electron chi connectivity index (χ4n) is 1.11. The van der Waals surface area contributed by atoms with Gasteiger partial charge in [0.1, 0.15) is 5.78 Å². The van der Waals surface area contributed by atoms with Crippen LogP contribution in [0.15, 0.2) is 23.1 Å². The van der Waals surface area contributed by atoms with Crippen LogP contribution in [-0.2, 0) is 17.1 Å². The highest BCUT2D eigenvalue weighted by molar-refractivity contribution is 7.80. The van der Waals surface area contributed by atoms with Gasteiger partial charge in [0.05, 0.1) is 0 Å². The summed E-state index contributed by atoms with van der Waals surface area (Å²) in [7, 11) is 0. The van der Waals surface area contributed by atoms with Crippen LogP contribution in [0.2, 0.25) is 0 Å². The van der Waals surface area contributed by atoms with Crippen LogP contribution in [0.1, 0.15) is 18.1 Å². The number of carbonyl (C=O) groups excluding carboxylic acids is 1. The number of ketones is 1. The summed E-state index contributed by atoms with van der Waals surface area (Å²) in [6.45, 7) is 1.57. The highest BCUT2D eigenvalue weighted by Gasteiger charge is 2.02. The van der Waals surface area contributed by atoms with E-state index in [1.807, 2.05) is 18.2 Å². The molecule has 1 aromatic carbocycles. The van der Waals surface area contributed by atoms with Crippen LogP contribution in [-0.4, -0.2) is 5.78 Å². The average molecular weight is 215 g/mol. The Morgan fingerprint density at radius 3 is 2.69 bits per heavy atom. The summed E-state index contributed by atoms with van der Waals surface area (Å²) >= 11 is 9.94. The van der Waals surface area contributed by atoms with Crippen molar-refractivity contribution in [3.63, 3.8) is 0 Å². The lowest BCUT2D eigenvalue weighted by Crippen LogP contribution is -1.97. The van der Waals surface area contributed by atoms with Crippen molar-refractivity contribution in [1.82, 2.24) is 0 Å². The van der Waals surface area contributed by atoms with Crippen molar-refractivity contribution in [2.24, 2.45) is 0 Å². The molecular weight excluding hydrogens is 204 g/mol. The summed E-state index contributed by atoms with van der Waals surface area (Å²) in [6.07, 6.45) is 0.446. The van der Waals surface area contributed by atoms with E-state index in [-0.39, 0.29) is 5.78 Å². The smallest absolute Gasteiger partial charge is 0.134 e. The summed E-state index contributed by atoms with van der Waals surface area (Å²) in [5.74, 6) is 0.627. The molecule has 0 fully saturated rings. The van der Waals surface area contributed by atoms with Gasteiger partial charge in [-0.25, -0.2) is 0 Å². The van der Waals surface area contributed by atoms with Crippen molar-refractivity contribution in [3.8, 4) is 0 Å². The van der Waals surface area contributed by atoms with Crippen molar-refractivity contribution in [2.45, 2.75) is 24.1 Å². The molecule has 0 saturated heterocycles. The van der Waals surface area contributed by atoms with Crippen molar-refractivity contribution in [3.05, 3.63) is 29.3 Å². The summed E-state index contributed by atoms with van der Waals surface area (Å²) in [4.78, 5) is 11.7. The van der Waals surface area contributed by atoms with E-state index in [1.165, 1.54) is 0 Å². The Bertz CT molecular complexity index is 323. The molecule has 1 aromatic rings. The number of Topliss-reactive ketones (excluding diaryl/α,β-unsaturated/α-hetero) is 1. The molecule has 0 bridgehead atoms. The number of rotatable bonds is 3. The molecular formula is C10H11ClOS. The van der Waals surface area contributed by atoms with Gasteiger partial charge in [-0.2, -0.15) is 0 Å². The second-order valence-electron chi connectivity index (χ2n) is 2.98. The molecule has 3 heteroatoms. The molecule has 0 aliphatic carbocycles. The predicted octanol–water partition coefficient (Wildman–Crippen LogP) is 2.85. The van der Waals surface area contributed by atoms with E-state index in [2.05, 4.69) is 12.6 Å². The first kappa shape index (κ1) is 10.6. The lowest BCUT2D eigenvalue weighted by atomic mass is 10.1. The lowest BCUT2D eigenvalue weighted by molar-refractivity contribution is -0.116. The van der Waals surface area contributed by atoms with Crippen molar-refractivity contribution in [1.29, 1.82) is 0 Å². The minimum absolute atomic E-state index is 0.147. The molecule has 1 nitrogen and oxygen atoms in total. The summed E-state index contributed by atoms with van der Waals surface area (Å²) < 4.78 is 0. The van der Waals surface area contributed by atoms with Crippen molar-refractivity contribution in [2.75, 3.05) is 0 Å². The molecule has 0 aliphatic rings. The van der Waals surface area contributed by atoms with Crippen LogP contribution in [0.4, 0.5) is 0 Å². The Balaban J connectivity index is 2.91. The number of hydrogen-bond acceptors (Lipinski definition) is 2. The highest BCUT2D eigenvalue weighted by atomic mass is 35.5. The fraction of sp³-hybridized carbons (Fsp3) is 0.300. The maximum atomic E-state index is 10.9. The van der Waals surface area contributed by atoms with Crippen LogP contribution in [0.5, 0.6) is 0 Å². The van der Waals surface area contributed by atoms with E-state index < -0.39 is 0 Å². The third-order valence-electron chi connectivity index (χ3n) is 1.74. The zero-order chi connectivity index (χ0) is 9.84. The standard InChI is InChI=1S/C10H11ClOS/c1-7(12)4-9-3-2-8(6-11)5-10(9)13/h2-3,5,13H,4,6H2,1H3. The number of carbonyl (C=O) groups is 1. The molecule has 0 amide bonds. The van der Waals surface area contributed by atoms with E-state index in [1.54, 1.807) is 6.92 Å². The number of alkyl halides is 1. The topological polar surface area (TPSA) is 17.1 Å². The average Bonchev–Trinajstić information content (AvgIpc) is 2.08. The van der Waals surface area contributed by atoms with Crippen LogP contribution >= 0.6 is 24.2 Å². The molecule has 0 saturated carbocycles. The number of benzene rings is 1. The Labute approximate surface area is 88.5 Å². The highest BCUT2D eigenvalue weighted by Crippen LogP contribution is 2.17. The predicted molar refractivity (Wildman–Crippen MR) is 57.6 cm³/mol. The zero-order valence-electron chi connectivity index (χ0n) is 7.38. The quantitative estimate of drug-likeness (QED) is 0.605. The first-order chi connectivity index (χ1) is 6.13. The second kappa shape index (κ2) is 4.68. The van der Waals surface area contributed by atoms with Crippen molar-refractivity contribution < 1.29 is 4.79 Å². The Morgan fingerprint density at radius 2 is 2.23 bits per heavy atom. The third-order valence-corrected chi connectivity index (χ3v) is 2.47. The van der Waals surface area contributed by atoms with Crippen molar-refractivity contribution >= 4 is 30.0 Å².